The molecule has 26 heavy (non-hydrogen) atoms. The molecule has 0 amide bonds. The quantitative estimate of drug-likeness (QED) is 0.452. The molecule has 0 aliphatic carbocycles. The predicted octanol–water partition coefficient (Wildman–Crippen LogP) is 4.26. The van der Waals surface area contributed by atoms with Crippen LogP contribution in [0.1, 0.15) is 11.1 Å². The van der Waals surface area contributed by atoms with E-state index in [2.05, 4.69) is 10.5 Å². The Balaban J connectivity index is 1.92. The Labute approximate surface area is 160 Å². The number of halogens is 2. The first-order valence-electron chi connectivity index (χ1n) is 7.72. The Hall–Kier alpha value is -2.41. The van der Waals surface area contributed by atoms with Crippen molar-refractivity contribution in [2.45, 2.75) is 0 Å². The minimum Gasteiger partial charge on any atom is -0.595 e. The standard InChI is InChI=1S/C19H15Cl2N3O2/c20-15-5-1-13(2-6-15)19(14-3-7-16(21)8-4-14)23-22-17-9-11-18(12-10-17)24(25)26/h1-12,22,24-25H. The molecule has 0 aliphatic rings. The van der Waals surface area contributed by atoms with Crippen LogP contribution in [0.5, 0.6) is 0 Å². The molecule has 1 atom stereocenters. The van der Waals surface area contributed by atoms with Crippen LogP contribution in [-0.4, -0.2) is 10.9 Å². The predicted molar refractivity (Wildman–Crippen MR) is 104 cm³/mol. The van der Waals surface area contributed by atoms with Crippen molar-refractivity contribution in [2.24, 2.45) is 5.10 Å². The van der Waals surface area contributed by atoms with Gasteiger partial charge in [-0.25, -0.2) is 5.21 Å². The van der Waals surface area contributed by atoms with Gasteiger partial charge in [0, 0.05) is 33.3 Å². The molecule has 132 valence electrons. The van der Waals surface area contributed by atoms with Gasteiger partial charge in [0.15, 0.2) is 5.69 Å². The van der Waals surface area contributed by atoms with Gasteiger partial charge in [0.2, 0.25) is 0 Å². The lowest BCUT2D eigenvalue weighted by molar-refractivity contribution is -0.991. The van der Waals surface area contributed by atoms with Gasteiger partial charge in [-0.2, -0.15) is 10.3 Å². The van der Waals surface area contributed by atoms with E-state index in [1.807, 2.05) is 24.3 Å². The summed E-state index contributed by atoms with van der Waals surface area (Å²) in [4.78, 5) is 0. The molecule has 0 radical (unpaired) electrons. The van der Waals surface area contributed by atoms with Crippen LogP contribution in [0.2, 0.25) is 10.0 Å². The lowest BCUT2D eigenvalue weighted by Gasteiger charge is -2.12. The van der Waals surface area contributed by atoms with Gasteiger partial charge in [-0.1, -0.05) is 47.5 Å². The van der Waals surface area contributed by atoms with E-state index in [4.69, 9.17) is 28.4 Å². The fourth-order valence-electron chi connectivity index (χ4n) is 2.32. The highest BCUT2D eigenvalue weighted by molar-refractivity contribution is 6.31. The van der Waals surface area contributed by atoms with Crippen molar-refractivity contribution in [3.8, 4) is 0 Å². The largest absolute Gasteiger partial charge is 0.595 e. The van der Waals surface area contributed by atoms with Crippen LogP contribution < -0.4 is 10.7 Å². The van der Waals surface area contributed by atoms with Crippen molar-refractivity contribution in [3.63, 3.8) is 0 Å². The Morgan fingerprint density at radius 1 is 0.808 bits per heavy atom. The third-order valence-corrected chi connectivity index (χ3v) is 4.17. The van der Waals surface area contributed by atoms with Gasteiger partial charge in [-0.15, -0.1) is 0 Å². The molecule has 3 rings (SSSR count). The zero-order chi connectivity index (χ0) is 18.5. The molecule has 0 heterocycles. The van der Waals surface area contributed by atoms with Crippen molar-refractivity contribution in [1.82, 2.24) is 0 Å². The molecule has 0 fully saturated rings. The van der Waals surface area contributed by atoms with Gasteiger partial charge in [-0.3, -0.25) is 5.43 Å². The van der Waals surface area contributed by atoms with Crippen molar-refractivity contribution in [2.75, 3.05) is 5.43 Å². The van der Waals surface area contributed by atoms with E-state index in [0.29, 0.717) is 21.4 Å². The second kappa shape index (κ2) is 8.31. The Morgan fingerprint density at radius 2 is 1.27 bits per heavy atom. The summed E-state index contributed by atoms with van der Waals surface area (Å²) in [6.45, 7) is 0. The van der Waals surface area contributed by atoms with Gasteiger partial charge in [-0.05, 0) is 36.4 Å². The van der Waals surface area contributed by atoms with Crippen LogP contribution in [0.3, 0.4) is 0 Å². The van der Waals surface area contributed by atoms with Crippen molar-refractivity contribution in [1.29, 1.82) is 0 Å². The van der Waals surface area contributed by atoms with Crippen molar-refractivity contribution in [3.05, 3.63) is 99.2 Å². The highest BCUT2D eigenvalue weighted by Gasteiger charge is 2.08. The van der Waals surface area contributed by atoms with Gasteiger partial charge in [0.05, 0.1) is 11.4 Å². The van der Waals surface area contributed by atoms with E-state index in [1.165, 1.54) is 12.1 Å². The van der Waals surface area contributed by atoms with Gasteiger partial charge >= 0.3 is 0 Å². The molecule has 0 aromatic heterocycles. The third-order valence-electron chi connectivity index (χ3n) is 3.66. The number of rotatable bonds is 5. The average Bonchev–Trinajstić information content (AvgIpc) is 2.65. The van der Waals surface area contributed by atoms with Crippen LogP contribution in [0.4, 0.5) is 11.4 Å². The van der Waals surface area contributed by atoms with E-state index in [0.717, 1.165) is 11.1 Å². The summed E-state index contributed by atoms with van der Waals surface area (Å²) in [6.07, 6.45) is 0. The zero-order valence-electron chi connectivity index (χ0n) is 13.5. The minimum absolute atomic E-state index is 0.218. The SMILES string of the molecule is [O-][NH+](O)c1ccc(NN=C(c2ccc(Cl)cc2)c2ccc(Cl)cc2)cc1. The molecule has 3 aromatic carbocycles. The summed E-state index contributed by atoms with van der Waals surface area (Å²) in [7, 11) is 0. The Kier molecular flexibility index (Phi) is 5.88. The first-order chi connectivity index (χ1) is 12.5. The maximum Gasteiger partial charge on any atom is 0.163 e. The summed E-state index contributed by atoms with van der Waals surface area (Å²) in [5.41, 5.74) is 6.33. The van der Waals surface area contributed by atoms with Crippen LogP contribution in [0.25, 0.3) is 0 Å². The Bertz CT molecular complexity index is 846. The number of nitrogens with zero attached hydrogens (tertiary/aromatic N) is 1. The molecule has 5 nitrogen and oxygen atoms in total. The summed E-state index contributed by atoms with van der Waals surface area (Å²) in [5, 5.41) is 24.7. The molecule has 3 N–H and O–H groups in total. The first kappa shape index (κ1) is 18.4. The second-order valence-electron chi connectivity index (χ2n) is 5.47. The number of hydrogen-bond donors (Lipinski definition) is 3. The van der Waals surface area contributed by atoms with Crippen LogP contribution in [0.15, 0.2) is 77.9 Å². The lowest BCUT2D eigenvalue weighted by Crippen LogP contribution is -2.99. The monoisotopic (exact) mass is 387 g/mol. The average molecular weight is 388 g/mol. The van der Waals surface area contributed by atoms with E-state index in [-0.39, 0.29) is 5.69 Å². The van der Waals surface area contributed by atoms with Gasteiger partial charge in [0.25, 0.3) is 0 Å². The number of benzene rings is 3. The van der Waals surface area contributed by atoms with E-state index in [9.17, 15) is 5.21 Å². The zero-order valence-corrected chi connectivity index (χ0v) is 15.0. The van der Waals surface area contributed by atoms with Crippen LogP contribution >= 0.6 is 23.2 Å². The van der Waals surface area contributed by atoms with E-state index >= 15 is 0 Å². The fraction of sp³-hybridized carbons (Fsp3) is 0. The molecular weight excluding hydrogens is 373 g/mol. The van der Waals surface area contributed by atoms with Crippen molar-refractivity contribution < 1.29 is 10.4 Å². The number of hydrogen-bond acceptors (Lipinski definition) is 4. The normalized spacial score (nSPS) is 11.7. The van der Waals surface area contributed by atoms with E-state index < -0.39 is 5.23 Å². The molecule has 1 unspecified atom stereocenters. The molecule has 3 aromatic rings. The highest BCUT2D eigenvalue weighted by Crippen LogP contribution is 2.18. The summed E-state index contributed by atoms with van der Waals surface area (Å²) in [6, 6.07) is 21.1. The smallest absolute Gasteiger partial charge is 0.163 e. The number of nitrogens with one attached hydrogen (secondary N) is 2. The first-order valence-corrected chi connectivity index (χ1v) is 8.47. The Morgan fingerprint density at radius 3 is 1.69 bits per heavy atom. The molecular formula is C19H15Cl2N3O2. The van der Waals surface area contributed by atoms with Crippen LogP contribution in [-0.2, 0) is 0 Å². The third kappa shape index (κ3) is 4.60. The molecule has 0 bridgehead atoms. The molecule has 0 saturated carbocycles. The van der Waals surface area contributed by atoms with Crippen molar-refractivity contribution >= 4 is 40.3 Å². The lowest BCUT2D eigenvalue weighted by atomic mass is 10.0. The topological polar surface area (TPSA) is 72.1 Å². The van der Waals surface area contributed by atoms with Gasteiger partial charge < -0.3 is 5.21 Å². The fourth-order valence-corrected chi connectivity index (χ4v) is 2.57. The van der Waals surface area contributed by atoms with Crippen LogP contribution in [0, 0.1) is 5.21 Å². The van der Waals surface area contributed by atoms with Gasteiger partial charge in [0.1, 0.15) is 0 Å². The van der Waals surface area contributed by atoms with E-state index in [1.54, 1.807) is 36.4 Å². The maximum atomic E-state index is 10.9. The molecule has 0 saturated heterocycles. The maximum absolute atomic E-state index is 10.9. The summed E-state index contributed by atoms with van der Waals surface area (Å²) in [5.74, 6) is 0. The highest BCUT2D eigenvalue weighted by atomic mass is 35.5. The minimum atomic E-state index is -0.969. The summed E-state index contributed by atoms with van der Waals surface area (Å²) < 4.78 is 0. The molecule has 0 spiro atoms. The summed E-state index contributed by atoms with van der Waals surface area (Å²) >= 11 is 12.0. The number of anilines is 1. The second-order valence-corrected chi connectivity index (χ2v) is 6.34. The molecule has 0 aliphatic heterocycles. The molecule has 7 heteroatoms. The number of hydrazone groups is 1. The number of quaternary nitrogens is 1.